The molecule has 17 heavy (non-hydrogen) atoms. The van der Waals surface area contributed by atoms with E-state index >= 15 is 0 Å². The highest BCUT2D eigenvalue weighted by Gasteiger charge is 2.12. The monoisotopic (exact) mass is 251 g/mol. The SMILES string of the molecule is CCc1cc(NN)c2c(Cl)ccc(OC)c2n1. The quantitative estimate of drug-likeness (QED) is 0.651. The van der Waals surface area contributed by atoms with Crippen molar-refractivity contribution in [3.63, 3.8) is 0 Å². The Bertz CT molecular complexity index is 557. The third kappa shape index (κ3) is 2.01. The maximum atomic E-state index is 6.17. The van der Waals surface area contributed by atoms with Gasteiger partial charge in [-0.25, -0.2) is 4.98 Å². The average Bonchev–Trinajstić information content (AvgIpc) is 2.37. The summed E-state index contributed by atoms with van der Waals surface area (Å²) in [5.41, 5.74) is 5.08. The molecular formula is C12H14ClN3O. The molecule has 0 spiro atoms. The van der Waals surface area contributed by atoms with Crippen LogP contribution in [0.15, 0.2) is 18.2 Å². The Labute approximate surface area is 105 Å². The van der Waals surface area contributed by atoms with Crippen molar-refractivity contribution in [3.8, 4) is 5.75 Å². The molecule has 1 aromatic heterocycles. The zero-order chi connectivity index (χ0) is 12.4. The zero-order valence-electron chi connectivity index (χ0n) is 9.75. The second kappa shape index (κ2) is 4.77. The number of nitrogen functional groups attached to an aromatic ring is 1. The first-order valence-electron chi connectivity index (χ1n) is 5.34. The number of nitrogens with two attached hydrogens (primary N) is 1. The molecule has 1 heterocycles. The standard InChI is InChI=1S/C12H14ClN3O/c1-3-7-6-9(16-14)11-8(13)4-5-10(17-2)12(11)15-7/h4-6H,3,14H2,1-2H3,(H,15,16). The Morgan fingerprint density at radius 3 is 2.82 bits per heavy atom. The number of aryl methyl sites for hydroxylation is 1. The molecule has 0 aliphatic heterocycles. The van der Waals surface area contributed by atoms with E-state index in [1.165, 1.54) is 0 Å². The number of pyridine rings is 1. The van der Waals surface area contributed by atoms with Crippen LogP contribution in [0.4, 0.5) is 5.69 Å². The maximum absolute atomic E-state index is 6.17. The summed E-state index contributed by atoms with van der Waals surface area (Å²) in [5.74, 6) is 6.21. The highest BCUT2D eigenvalue weighted by Crippen LogP contribution is 2.35. The van der Waals surface area contributed by atoms with E-state index in [0.717, 1.165) is 28.7 Å². The molecule has 90 valence electrons. The largest absolute Gasteiger partial charge is 0.494 e. The van der Waals surface area contributed by atoms with E-state index in [1.54, 1.807) is 19.2 Å². The molecule has 2 aromatic rings. The summed E-state index contributed by atoms with van der Waals surface area (Å²) in [5, 5.41) is 1.38. The number of methoxy groups -OCH3 is 1. The first-order valence-corrected chi connectivity index (χ1v) is 5.71. The molecule has 0 fully saturated rings. The highest BCUT2D eigenvalue weighted by atomic mass is 35.5. The average molecular weight is 252 g/mol. The van der Waals surface area contributed by atoms with E-state index in [4.69, 9.17) is 22.2 Å². The summed E-state index contributed by atoms with van der Waals surface area (Å²) < 4.78 is 5.29. The van der Waals surface area contributed by atoms with E-state index in [9.17, 15) is 0 Å². The van der Waals surface area contributed by atoms with Gasteiger partial charge in [-0.1, -0.05) is 18.5 Å². The minimum Gasteiger partial charge on any atom is -0.494 e. The van der Waals surface area contributed by atoms with Crippen molar-refractivity contribution >= 4 is 28.2 Å². The number of fused-ring (bicyclic) bond motifs is 1. The van der Waals surface area contributed by atoms with Crippen molar-refractivity contribution in [1.82, 2.24) is 4.98 Å². The van der Waals surface area contributed by atoms with Gasteiger partial charge in [-0.3, -0.25) is 5.84 Å². The predicted molar refractivity (Wildman–Crippen MR) is 70.5 cm³/mol. The molecule has 0 atom stereocenters. The number of halogens is 1. The molecule has 0 bridgehead atoms. The number of hydrogen-bond donors (Lipinski definition) is 2. The Morgan fingerprint density at radius 1 is 1.47 bits per heavy atom. The van der Waals surface area contributed by atoms with E-state index in [2.05, 4.69) is 10.4 Å². The molecule has 4 nitrogen and oxygen atoms in total. The summed E-state index contributed by atoms with van der Waals surface area (Å²) in [6.45, 7) is 2.03. The van der Waals surface area contributed by atoms with Crippen molar-refractivity contribution in [2.75, 3.05) is 12.5 Å². The number of hydrazine groups is 1. The number of rotatable bonds is 3. The number of benzene rings is 1. The fourth-order valence-electron chi connectivity index (χ4n) is 1.79. The third-order valence-corrected chi connectivity index (χ3v) is 2.98. The summed E-state index contributed by atoms with van der Waals surface area (Å²) in [6.07, 6.45) is 0.820. The lowest BCUT2D eigenvalue weighted by Gasteiger charge is -2.12. The van der Waals surface area contributed by atoms with Crippen LogP contribution in [0, 0.1) is 0 Å². The first kappa shape index (κ1) is 12.0. The van der Waals surface area contributed by atoms with Gasteiger partial charge in [-0.15, -0.1) is 0 Å². The summed E-state index contributed by atoms with van der Waals surface area (Å²) >= 11 is 6.17. The lowest BCUT2D eigenvalue weighted by Crippen LogP contribution is -2.08. The van der Waals surface area contributed by atoms with Crippen LogP contribution in [0.5, 0.6) is 5.75 Å². The molecule has 0 radical (unpaired) electrons. The summed E-state index contributed by atoms with van der Waals surface area (Å²) in [6, 6.07) is 5.47. The smallest absolute Gasteiger partial charge is 0.145 e. The molecule has 0 aliphatic rings. The van der Waals surface area contributed by atoms with Crippen LogP contribution in [-0.4, -0.2) is 12.1 Å². The number of ether oxygens (including phenoxy) is 1. The number of anilines is 1. The van der Waals surface area contributed by atoms with Gasteiger partial charge in [-0.05, 0) is 24.6 Å². The number of hydrogen-bond acceptors (Lipinski definition) is 4. The van der Waals surface area contributed by atoms with Gasteiger partial charge in [0.2, 0.25) is 0 Å². The molecule has 3 N–H and O–H groups in total. The van der Waals surface area contributed by atoms with Crippen LogP contribution in [0.2, 0.25) is 5.02 Å². The van der Waals surface area contributed by atoms with Crippen molar-refractivity contribution in [3.05, 3.63) is 28.9 Å². The normalized spacial score (nSPS) is 10.6. The number of aromatic nitrogens is 1. The molecule has 0 aliphatic carbocycles. The Kier molecular flexibility index (Phi) is 3.36. The Hall–Kier alpha value is -1.52. The van der Waals surface area contributed by atoms with E-state index < -0.39 is 0 Å². The second-order valence-corrected chi connectivity index (χ2v) is 4.04. The minimum absolute atomic E-state index is 0.601. The molecule has 0 saturated heterocycles. The van der Waals surface area contributed by atoms with Crippen LogP contribution >= 0.6 is 11.6 Å². The molecule has 2 rings (SSSR count). The Morgan fingerprint density at radius 2 is 2.24 bits per heavy atom. The minimum atomic E-state index is 0.601. The molecule has 0 amide bonds. The van der Waals surface area contributed by atoms with Crippen LogP contribution in [-0.2, 0) is 6.42 Å². The number of nitrogens with zero attached hydrogens (tertiary/aromatic N) is 1. The van der Waals surface area contributed by atoms with Crippen LogP contribution in [0.3, 0.4) is 0 Å². The lowest BCUT2D eigenvalue weighted by molar-refractivity contribution is 0.419. The van der Waals surface area contributed by atoms with Crippen molar-refractivity contribution in [2.45, 2.75) is 13.3 Å². The van der Waals surface area contributed by atoms with E-state index in [1.807, 2.05) is 13.0 Å². The van der Waals surface area contributed by atoms with E-state index in [0.29, 0.717) is 10.8 Å². The molecular weight excluding hydrogens is 238 g/mol. The van der Waals surface area contributed by atoms with Crippen molar-refractivity contribution < 1.29 is 4.74 Å². The van der Waals surface area contributed by atoms with Gasteiger partial charge in [0.25, 0.3) is 0 Å². The van der Waals surface area contributed by atoms with Gasteiger partial charge in [-0.2, -0.15) is 0 Å². The van der Waals surface area contributed by atoms with Gasteiger partial charge in [0, 0.05) is 11.1 Å². The fourth-order valence-corrected chi connectivity index (χ4v) is 2.04. The van der Waals surface area contributed by atoms with Gasteiger partial charge in [0.1, 0.15) is 11.3 Å². The zero-order valence-corrected chi connectivity index (χ0v) is 10.5. The molecule has 0 saturated carbocycles. The summed E-state index contributed by atoms with van der Waals surface area (Å²) in [4.78, 5) is 4.53. The van der Waals surface area contributed by atoms with Crippen molar-refractivity contribution in [2.24, 2.45) is 5.84 Å². The highest BCUT2D eigenvalue weighted by molar-refractivity contribution is 6.36. The Balaban J connectivity index is 2.86. The first-order chi connectivity index (χ1) is 8.21. The van der Waals surface area contributed by atoms with Crippen LogP contribution in [0.25, 0.3) is 10.9 Å². The van der Waals surface area contributed by atoms with Crippen molar-refractivity contribution in [1.29, 1.82) is 0 Å². The van der Waals surface area contributed by atoms with Gasteiger partial charge in [0.05, 0.1) is 17.8 Å². The third-order valence-electron chi connectivity index (χ3n) is 2.66. The van der Waals surface area contributed by atoms with Crippen LogP contribution in [0.1, 0.15) is 12.6 Å². The molecule has 1 aromatic carbocycles. The van der Waals surface area contributed by atoms with Crippen LogP contribution < -0.4 is 16.0 Å². The van der Waals surface area contributed by atoms with Gasteiger partial charge in [0.15, 0.2) is 0 Å². The summed E-state index contributed by atoms with van der Waals surface area (Å²) in [7, 11) is 1.61. The molecule has 0 unspecified atom stereocenters. The lowest BCUT2D eigenvalue weighted by atomic mass is 10.1. The molecule has 5 heteroatoms. The second-order valence-electron chi connectivity index (χ2n) is 3.63. The topological polar surface area (TPSA) is 60.2 Å². The fraction of sp³-hybridized carbons (Fsp3) is 0.250. The maximum Gasteiger partial charge on any atom is 0.145 e. The number of nitrogens with one attached hydrogen (secondary N) is 1. The predicted octanol–water partition coefficient (Wildman–Crippen LogP) is 2.74. The van der Waals surface area contributed by atoms with E-state index in [-0.39, 0.29) is 0 Å². The van der Waals surface area contributed by atoms with Gasteiger partial charge >= 0.3 is 0 Å². The van der Waals surface area contributed by atoms with Gasteiger partial charge < -0.3 is 10.2 Å².